The van der Waals surface area contributed by atoms with Crippen LogP contribution in [0.15, 0.2) is 56.6 Å². The third kappa shape index (κ3) is 3.89. The maximum atomic E-state index is 13.2. The van der Waals surface area contributed by atoms with Gasteiger partial charge in [0.15, 0.2) is 5.82 Å². The van der Waals surface area contributed by atoms with E-state index in [-0.39, 0.29) is 24.9 Å². The quantitative estimate of drug-likeness (QED) is 0.531. The molecule has 0 unspecified atom stereocenters. The maximum Gasteiger partial charge on any atom is 0.332 e. The van der Waals surface area contributed by atoms with E-state index in [2.05, 4.69) is 15.5 Å². The summed E-state index contributed by atoms with van der Waals surface area (Å²) in [6.07, 6.45) is 0. The highest BCUT2D eigenvalue weighted by Gasteiger charge is 2.17. The van der Waals surface area contributed by atoms with E-state index >= 15 is 0 Å². The molecular weight excluding hydrogens is 398 g/mol. The average Bonchev–Trinajstić information content (AvgIpc) is 3.16. The molecule has 31 heavy (non-hydrogen) atoms. The molecule has 1 N–H and O–H groups in total. The number of hydrogen-bond donors (Lipinski definition) is 1. The third-order valence-corrected chi connectivity index (χ3v) is 5.18. The molecule has 2 aromatic heterocycles. The van der Waals surface area contributed by atoms with Crippen molar-refractivity contribution < 1.29 is 9.32 Å². The van der Waals surface area contributed by atoms with Gasteiger partial charge in [-0.2, -0.15) is 4.98 Å². The predicted octanol–water partition coefficient (Wildman–Crippen LogP) is 2.16. The van der Waals surface area contributed by atoms with Crippen molar-refractivity contribution in [2.75, 3.05) is 5.32 Å². The van der Waals surface area contributed by atoms with Crippen LogP contribution >= 0.6 is 0 Å². The molecule has 0 radical (unpaired) electrons. The zero-order valence-corrected chi connectivity index (χ0v) is 17.4. The summed E-state index contributed by atoms with van der Waals surface area (Å²) in [6.45, 7) is 5.08. The van der Waals surface area contributed by atoms with Crippen LogP contribution in [0.1, 0.15) is 22.8 Å². The number of fused-ring (bicyclic) bond motifs is 1. The van der Waals surface area contributed by atoms with E-state index in [9.17, 15) is 14.4 Å². The van der Waals surface area contributed by atoms with E-state index < -0.39 is 11.2 Å². The predicted molar refractivity (Wildman–Crippen MR) is 115 cm³/mol. The molecule has 0 atom stereocenters. The number of nitrogens with one attached hydrogen (secondary N) is 1. The van der Waals surface area contributed by atoms with Crippen molar-refractivity contribution in [1.82, 2.24) is 19.3 Å². The fourth-order valence-corrected chi connectivity index (χ4v) is 3.42. The van der Waals surface area contributed by atoms with Gasteiger partial charge in [-0.05, 0) is 50.1 Å². The second-order valence-corrected chi connectivity index (χ2v) is 7.31. The lowest BCUT2D eigenvalue weighted by Gasteiger charge is -2.14. The van der Waals surface area contributed by atoms with Crippen LogP contribution in [-0.2, 0) is 17.9 Å². The van der Waals surface area contributed by atoms with Crippen molar-refractivity contribution in [3.63, 3.8) is 0 Å². The van der Waals surface area contributed by atoms with Crippen molar-refractivity contribution >= 4 is 22.5 Å². The van der Waals surface area contributed by atoms with Gasteiger partial charge in [0.2, 0.25) is 11.8 Å². The van der Waals surface area contributed by atoms with Gasteiger partial charge >= 0.3 is 5.69 Å². The summed E-state index contributed by atoms with van der Waals surface area (Å²) in [5.74, 6) is 0.162. The Labute approximate surface area is 176 Å². The molecule has 9 nitrogen and oxygen atoms in total. The Morgan fingerprint density at radius 2 is 1.81 bits per heavy atom. The number of aromatic nitrogens is 4. The fraction of sp³-hybridized carbons (Fsp3) is 0.227. The maximum absolute atomic E-state index is 13.2. The molecule has 2 aromatic carbocycles. The van der Waals surface area contributed by atoms with Crippen LogP contribution in [0.3, 0.4) is 0 Å². The molecule has 0 bridgehead atoms. The van der Waals surface area contributed by atoms with Crippen LogP contribution in [0.4, 0.5) is 5.69 Å². The van der Waals surface area contributed by atoms with Gasteiger partial charge in [0.25, 0.3) is 5.56 Å². The molecular formula is C22H21N5O4. The van der Waals surface area contributed by atoms with Gasteiger partial charge in [0.05, 0.1) is 10.9 Å². The largest absolute Gasteiger partial charge is 0.337 e. The number of amides is 1. The van der Waals surface area contributed by atoms with E-state index in [4.69, 9.17) is 4.52 Å². The van der Waals surface area contributed by atoms with Crippen molar-refractivity contribution in [3.05, 3.63) is 86.1 Å². The second kappa shape index (κ2) is 8.02. The SMILES string of the molecule is Cc1noc(Cn2c(=O)c3ccccc3n(CC(=O)Nc3cccc(C)c3C)c2=O)n1. The van der Waals surface area contributed by atoms with E-state index in [1.165, 1.54) is 4.57 Å². The lowest BCUT2D eigenvalue weighted by molar-refractivity contribution is -0.116. The highest BCUT2D eigenvalue weighted by atomic mass is 16.5. The topological polar surface area (TPSA) is 112 Å². The Hall–Kier alpha value is -4.01. The Bertz CT molecular complexity index is 1410. The summed E-state index contributed by atoms with van der Waals surface area (Å²) in [7, 11) is 0. The molecule has 9 heteroatoms. The number of carbonyl (C=O) groups excluding carboxylic acids is 1. The fourth-order valence-electron chi connectivity index (χ4n) is 3.42. The first-order valence-corrected chi connectivity index (χ1v) is 9.73. The number of carbonyl (C=O) groups is 1. The third-order valence-electron chi connectivity index (χ3n) is 5.18. The van der Waals surface area contributed by atoms with Crippen LogP contribution < -0.4 is 16.6 Å². The Morgan fingerprint density at radius 1 is 1.03 bits per heavy atom. The molecule has 2 heterocycles. The Balaban J connectivity index is 1.76. The molecule has 0 spiro atoms. The minimum atomic E-state index is -0.629. The normalized spacial score (nSPS) is 11.1. The molecule has 4 rings (SSSR count). The average molecular weight is 419 g/mol. The highest BCUT2D eigenvalue weighted by Crippen LogP contribution is 2.18. The van der Waals surface area contributed by atoms with Gasteiger partial charge in [0, 0.05) is 5.69 Å². The molecule has 158 valence electrons. The summed E-state index contributed by atoms with van der Waals surface area (Å²) in [6, 6.07) is 12.3. The summed E-state index contributed by atoms with van der Waals surface area (Å²) >= 11 is 0. The molecule has 0 aliphatic heterocycles. The molecule has 4 aromatic rings. The van der Waals surface area contributed by atoms with Crippen LogP contribution in [-0.4, -0.2) is 25.2 Å². The van der Waals surface area contributed by atoms with Crippen LogP contribution in [0, 0.1) is 20.8 Å². The van der Waals surface area contributed by atoms with Gasteiger partial charge in [-0.15, -0.1) is 0 Å². The van der Waals surface area contributed by atoms with Gasteiger partial charge in [-0.1, -0.05) is 29.4 Å². The number of rotatable bonds is 5. The number of anilines is 1. The molecule has 0 saturated heterocycles. The van der Waals surface area contributed by atoms with E-state index in [0.29, 0.717) is 22.4 Å². The van der Waals surface area contributed by atoms with Crippen LogP contribution in [0.2, 0.25) is 0 Å². The number of nitrogens with zero attached hydrogens (tertiary/aromatic N) is 4. The van der Waals surface area contributed by atoms with E-state index in [1.54, 1.807) is 37.3 Å². The first-order valence-electron chi connectivity index (χ1n) is 9.73. The van der Waals surface area contributed by atoms with Crippen LogP contribution in [0.5, 0.6) is 0 Å². The first-order chi connectivity index (χ1) is 14.8. The van der Waals surface area contributed by atoms with Gasteiger partial charge in [-0.25, -0.2) is 4.79 Å². The van der Waals surface area contributed by atoms with Crippen molar-refractivity contribution in [2.24, 2.45) is 0 Å². The van der Waals surface area contributed by atoms with Crippen molar-refractivity contribution in [1.29, 1.82) is 0 Å². The minimum Gasteiger partial charge on any atom is -0.337 e. The first kappa shape index (κ1) is 20.3. The zero-order chi connectivity index (χ0) is 22.1. The molecule has 0 saturated carbocycles. The number of hydrogen-bond acceptors (Lipinski definition) is 6. The monoisotopic (exact) mass is 419 g/mol. The summed E-state index contributed by atoms with van der Waals surface area (Å²) < 4.78 is 7.35. The van der Waals surface area contributed by atoms with Crippen molar-refractivity contribution in [3.8, 4) is 0 Å². The number of benzene rings is 2. The summed E-state index contributed by atoms with van der Waals surface area (Å²) in [4.78, 5) is 43.0. The standard InChI is InChI=1S/C22H21N5O4/c1-13-7-6-9-17(14(13)2)24-19(28)11-26-18-10-5-4-8-16(18)21(29)27(22(26)30)12-20-23-15(3)25-31-20/h4-10H,11-12H2,1-3H3,(H,24,28). The van der Waals surface area contributed by atoms with Crippen molar-refractivity contribution in [2.45, 2.75) is 33.9 Å². The van der Waals surface area contributed by atoms with Gasteiger partial charge < -0.3 is 9.84 Å². The molecule has 1 amide bonds. The Morgan fingerprint density at radius 3 is 2.55 bits per heavy atom. The molecule has 0 fully saturated rings. The molecule has 0 aliphatic rings. The van der Waals surface area contributed by atoms with E-state index in [1.807, 2.05) is 26.0 Å². The van der Waals surface area contributed by atoms with Crippen LogP contribution in [0.25, 0.3) is 10.9 Å². The van der Waals surface area contributed by atoms with Gasteiger partial charge in [0.1, 0.15) is 13.1 Å². The zero-order valence-electron chi connectivity index (χ0n) is 17.4. The van der Waals surface area contributed by atoms with E-state index in [0.717, 1.165) is 15.7 Å². The lowest BCUT2D eigenvalue weighted by Crippen LogP contribution is -2.42. The number of para-hydroxylation sites is 1. The molecule has 0 aliphatic carbocycles. The summed E-state index contributed by atoms with van der Waals surface area (Å²) in [5, 5.41) is 6.86. The second-order valence-electron chi connectivity index (χ2n) is 7.31. The van der Waals surface area contributed by atoms with Gasteiger partial charge in [-0.3, -0.25) is 18.7 Å². The number of aryl methyl sites for hydroxylation is 2. The minimum absolute atomic E-state index is 0.137. The smallest absolute Gasteiger partial charge is 0.332 e. The summed E-state index contributed by atoms with van der Waals surface area (Å²) in [5.41, 5.74) is 1.94. The Kier molecular flexibility index (Phi) is 5.24. The lowest BCUT2D eigenvalue weighted by atomic mass is 10.1. The highest BCUT2D eigenvalue weighted by molar-refractivity contribution is 5.92.